The maximum Gasteiger partial charge on any atom is 0.269 e. The molecule has 8 heteroatoms. The second kappa shape index (κ2) is 8.46. The molecule has 0 atom stereocenters. The number of anilines is 3. The minimum Gasteiger partial charge on any atom is -0.305 e. The van der Waals surface area contributed by atoms with Gasteiger partial charge in [0.05, 0.1) is 28.2 Å². The van der Waals surface area contributed by atoms with E-state index in [1.165, 1.54) is 0 Å². The van der Waals surface area contributed by atoms with Gasteiger partial charge in [0.2, 0.25) is 0 Å². The van der Waals surface area contributed by atoms with Gasteiger partial charge in [-0.2, -0.15) is 19.3 Å². The highest BCUT2D eigenvalue weighted by atomic mass is 32.2. The first-order valence-corrected chi connectivity index (χ1v) is 11.7. The second-order valence-corrected chi connectivity index (χ2v) is 9.02. The van der Waals surface area contributed by atoms with Crippen molar-refractivity contribution in [1.82, 2.24) is 9.97 Å². The van der Waals surface area contributed by atoms with Gasteiger partial charge in [0, 0.05) is 15.4 Å². The Morgan fingerprint density at radius 3 is 1.78 bits per heavy atom. The monoisotopic (exact) mass is 489 g/mol. The topological polar surface area (TPSA) is 76.6 Å². The van der Waals surface area contributed by atoms with Crippen LogP contribution in [0.25, 0.3) is 22.2 Å². The van der Waals surface area contributed by atoms with Crippen molar-refractivity contribution in [3.8, 4) is 23.3 Å². The third-order valence-electron chi connectivity index (χ3n) is 5.95. The normalized spacial score (nSPS) is 11.9. The van der Waals surface area contributed by atoms with Crippen LogP contribution in [0.1, 0.15) is 11.1 Å². The number of nitrogens with zero attached hydrogens (tertiary/aromatic N) is 5. The van der Waals surface area contributed by atoms with E-state index in [0.29, 0.717) is 5.56 Å². The molecule has 0 fully saturated rings. The molecule has 1 aromatic heterocycles. The van der Waals surface area contributed by atoms with E-state index in [9.17, 15) is 19.3 Å². The summed E-state index contributed by atoms with van der Waals surface area (Å²) in [7, 11) is 0. The maximum atomic E-state index is 14.6. The first-order chi connectivity index (χ1) is 17.6. The van der Waals surface area contributed by atoms with Gasteiger partial charge in [-0.05, 0) is 29.8 Å². The number of benzene rings is 4. The summed E-state index contributed by atoms with van der Waals surface area (Å²) in [5.74, 6) is -2.77. The molecule has 4 aromatic carbocycles. The lowest BCUT2D eigenvalue weighted by Gasteiger charge is -2.34. The molecule has 0 amide bonds. The van der Waals surface area contributed by atoms with Gasteiger partial charge in [0.25, 0.3) is 11.9 Å². The fourth-order valence-corrected chi connectivity index (χ4v) is 5.54. The molecule has 0 aliphatic carbocycles. The summed E-state index contributed by atoms with van der Waals surface area (Å²) in [6.07, 6.45) is 0. The SMILES string of the molecule is N#Cc1c(C#N)c(N2c3ccccc3Sc3ccccc32)c2nc(F)c(F)nc2c1-c1ccccc1. The molecule has 5 nitrogen and oxygen atoms in total. The highest BCUT2D eigenvalue weighted by molar-refractivity contribution is 7.99. The number of hydrogen-bond acceptors (Lipinski definition) is 6. The number of hydrogen-bond donors (Lipinski definition) is 0. The van der Waals surface area contributed by atoms with Crippen molar-refractivity contribution in [3.63, 3.8) is 0 Å². The van der Waals surface area contributed by atoms with E-state index in [0.717, 1.165) is 21.2 Å². The van der Waals surface area contributed by atoms with Crippen LogP contribution < -0.4 is 4.90 Å². The van der Waals surface area contributed by atoms with Crippen molar-refractivity contribution in [2.75, 3.05) is 4.90 Å². The van der Waals surface area contributed by atoms with Gasteiger partial charge in [-0.15, -0.1) is 0 Å². The molecule has 0 saturated carbocycles. The highest BCUT2D eigenvalue weighted by Crippen LogP contribution is 2.54. The first kappa shape index (κ1) is 21.7. The zero-order valence-electron chi connectivity index (χ0n) is 18.4. The van der Waals surface area contributed by atoms with E-state index in [1.54, 1.807) is 47.0 Å². The van der Waals surface area contributed by atoms with E-state index < -0.39 is 11.9 Å². The van der Waals surface area contributed by atoms with Gasteiger partial charge < -0.3 is 4.90 Å². The van der Waals surface area contributed by atoms with Crippen LogP contribution in [0.4, 0.5) is 25.8 Å². The molecule has 170 valence electrons. The summed E-state index contributed by atoms with van der Waals surface area (Å²) in [4.78, 5) is 11.4. The summed E-state index contributed by atoms with van der Waals surface area (Å²) in [5.41, 5.74) is 2.39. The standard InChI is InChI=1S/C28H13F2N5S/c29-27-28(30)34-25-24(33-27)23(16-8-2-1-3-9-16)17(14-31)18(15-32)26(25)35-19-10-4-6-12-21(19)36-22-13-7-5-11-20(22)35/h1-13H. The molecule has 0 spiro atoms. The predicted octanol–water partition coefficient (Wildman–Crippen LogP) is 7.25. The predicted molar refractivity (Wildman–Crippen MR) is 133 cm³/mol. The minimum atomic E-state index is -1.38. The number of aromatic nitrogens is 2. The summed E-state index contributed by atoms with van der Waals surface area (Å²) in [6.45, 7) is 0. The average molecular weight is 490 g/mol. The van der Waals surface area contributed by atoms with Crippen LogP contribution >= 0.6 is 11.8 Å². The van der Waals surface area contributed by atoms with Gasteiger partial charge in [-0.1, -0.05) is 66.4 Å². The number of halogens is 2. The number of nitriles is 2. The molecule has 0 unspecified atom stereocenters. The molecule has 1 aliphatic heterocycles. The Kier molecular flexibility index (Phi) is 5.10. The van der Waals surface area contributed by atoms with Gasteiger partial charge in [-0.25, -0.2) is 9.97 Å². The second-order valence-electron chi connectivity index (χ2n) is 7.94. The van der Waals surface area contributed by atoms with Crippen LogP contribution in [0.3, 0.4) is 0 Å². The quantitative estimate of drug-likeness (QED) is 0.255. The Hall–Kier alpha value is -4.79. The third-order valence-corrected chi connectivity index (χ3v) is 7.08. The smallest absolute Gasteiger partial charge is 0.269 e. The molecular formula is C28H13F2N5S. The molecule has 1 aliphatic rings. The van der Waals surface area contributed by atoms with Crippen molar-refractivity contribution in [3.05, 3.63) is 102 Å². The summed E-state index contributed by atoms with van der Waals surface area (Å²) < 4.78 is 29.1. The van der Waals surface area contributed by atoms with E-state index >= 15 is 0 Å². The maximum absolute atomic E-state index is 14.6. The van der Waals surface area contributed by atoms with Gasteiger partial charge >= 0.3 is 0 Å². The van der Waals surface area contributed by atoms with Crippen LogP contribution in [0.15, 0.2) is 88.7 Å². The zero-order valence-corrected chi connectivity index (χ0v) is 19.2. The Labute approximate surface area is 208 Å². The van der Waals surface area contributed by atoms with Crippen LogP contribution in [0.2, 0.25) is 0 Å². The molecular weight excluding hydrogens is 476 g/mol. The van der Waals surface area contributed by atoms with E-state index in [2.05, 4.69) is 22.1 Å². The van der Waals surface area contributed by atoms with Crippen molar-refractivity contribution in [2.45, 2.75) is 9.79 Å². The summed E-state index contributed by atoms with van der Waals surface area (Å²) >= 11 is 1.56. The lowest BCUT2D eigenvalue weighted by Crippen LogP contribution is -2.18. The highest BCUT2D eigenvalue weighted by Gasteiger charge is 2.32. The summed E-state index contributed by atoms with van der Waals surface area (Å²) in [6, 6.07) is 28.1. The average Bonchev–Trinajstić information content (AvgIpc) is 2.92. The van der Waals surface area contributed by atoms with Crippen molar-refractivity contribution in [1.29, 1.82) is 10.5 Å². The minimum absolute atomic E-state index is 0.000618. The Bertz CT molecular complexity index is 1730. The number of para-hydroxylation sites is 2. The van der Waals surface area contributed by atoms with Gasteiger partial charge in [0.15, 0.2) is 0 Å². The molecule has 5 aromatic rings. The first-order valence-electron chi connectivity index (χ1n) is 10.9. The van der Waals surface area contributed by atoms with Crippen molar-refractivity contribution < 1.29 is 8.78 Å². The zero-order chi connectivity index (χ0) is 24.8. The summed E-state index contributed by atoms with van der Waals surface area (Å²) in [5, 5.41) is 20.6. The van der Waals surface area contributed by atoms with Crippen LogP contribution in [0.5, 0.6) is 0 Å². The third kappa shape index (κ3) is 3.20. The van der Waals surface area contributed by atoms with Crippen LogP contribution in [-0.2, 0) is 0 Å². The molecule has 36 heavy (non-hydrogen) atoms. The van der Waals surface area contributed by atoms with Gasteiger partial charge in [0.1, 0.15) is 23.2 Å². The largest absolute Gasteiger partial charge is 0.305 e. The molecule has 0 radical (unpaired) electrons. The fraction of sp³-hybridized carbons (Fsp3) is 0. The lowest BCUT2D eigenvalue weighted by molar-refractivity contribution is 0.459. The van der Waals surface area contributed by atoms with E-state index in [4.69, 9.17) is 0 Å². The van der Waals surface area contributed by atoms with Crippen LogP contribution in [-0.4, -0.2) is 9.97 Å². The number of fused-ring (bicyclic) bond motifs is 3. The fourth-order valence-electron chi connectivity index (χ4n) is 4.48. The van der Waals surface area contributed by atoms with Gasteiger partial charge in [-0.3, -0.25) is 0 Å². The molecule has 6 rings (SSSR count). The Morgan fingerprint density at radius 1 is 0.667 bits per heavy atom. The molecule has 0 N–H and O–H groups in total. The van der Waals surface area contributed by atoms with Crippen molar-refractivity contribution in [2.24, 2.45) is 0 Å². The Morgan fingerprint density at radius 2 is 1.19 bits per heavy atom. The van der Waals surface area contributed by atoms with Crippen LogP contribution in [0, 0.1) is 34.6 Å². The van der Waals surface area contributed by atoms with E-state index in [1.807, 2.05) is 48.5 Å². The molecule has 0 bridgehead atoms. The Balaban J connectivity index is 1.83. The van der Waals surface area contributed by atoms with Crippen molar-refractivity contribution >= 4 is 39.9 Å². The molecule has 0 saturated heterocycles. The van der Waals surface area contributed by atoms with E-state index in [-0.39, 0.29) is 33.4 Å². The molecule has 2 heterocycles. The number of rotatable bonds is 2. The lowest BCUT2D eigenvalue weighted by atomic mass is 9.92.